The van der Waals surface area contributed by atoms with Crippen molar-refractivity contribution >= 4 is 16.9 Å². The molecule has 1 aromatic carbocycles. The Labute approximate surface area is 134 Å². The largest absolute Gasteiger partial charge is 0.497 e. The minimum Gasteiger partial charge on any atom is -0.497 e. The molecule has 2 aromatic heterocycles. The third kappa shape index (κ3) is 2.36. The van der Waals surface area contributed by atoms with Crippen molar-refractivity contribution in [3.8, 4) is 11.6 Å². The van der Waals surface area contributed by atoms with Crippen LogP contribution >= 0.6 is 0 Å². The highest BCUT2D eigenvalue weighted by molar-refractivity contribution is 5.83. The smallest absolute Gasteiger partial charge is 0.229 e. The van der Waals surface area contributed by atoms with Crippen molar-refractivity contribution in [3.63, 3.8) is 0 Å². The summed E-state index contributed by atoms with van der Waals surface area (Å²) in [5.74, 6) is 2.18. The summed E-state index contributed by atoms with van der Waals surface area (Å²) in [6, 6.07) is 10.2. The van der Waals surface area contributed by atoms with Crippen molar-refractivity contribution in [2.45, 2.75) is 13.1 Å². The van der Waals surface area contributed by atoms with Crippen LogP contribution in [0.3, 0.4) is 0 Å². The molecule has 6 nitrogen and oxygen atoms in total. The highest BCUT2D eigenvalue weighted by atomic mass is 16.5. The second kappa shape index (κ2) is 5.46. The number of hydrogen-bond donors (Lipinski definition) is 0. The van der Waals surface area contributed by atoms with Crippen LogP contribution in [0.5, 0.6) is 11.6 Å². The molecule has 0 atom stereocenters. The molecule has 0 amide bonds. The van der Waals surface area contributed by atoms with Crippen LogP contribution in [0.25, 0.3) is 10.9 Å². The van der Waals surface area contributed by atoms with Crippen molar-refractivity contribution < 1.29 is 9.47 Å². The van der Waals surface area contributed by atoms with E-state index in [0.29, 0.717) is 11.8 Å². The Morgan fingerprint density at radius 3 is 2.78 bits per heavy atom. The van der Waals surface area contributed by atoms with Gasteiger partial charge in [-0.2, -0.15) is 4.98 Å². The number of hydrogen-bond acceptors (Lipinski definition) is 5. The number of fused-ring (bicyclic) bond motifs is 3. The number of nitrogens with zero attached hydrogens (tertiary/aromatic N) is 4. The Morgan fingerprint density at radius 1 is 1.04 bits per heavy atom. The SMILES string of the molecule is COc1ccc2c(c1)cc1n2CCN(c2nccc(OC)n2)C1. The molecule has 0 bridgehead atoms. The van der Waals surface area contributed by atoms with Gasteiger partial charge in [-0.15, -0.1) is 0 Å². The Hall–Kier alpha value is -2.76. The summed E-state index contributed by atoms with van der Waals surface area (Å²) in [4.78, 5) is 11.0. The summed E-state index contributed by atoms with van der Waals surface area (Å²) in [5, 5.41) is 1.20. The zero-order valence-corrected chi connectivity index (χ0v) is 13.2. The number of rotatable bonds is 3. The summed E-state index contributed by atoms with van der Waals surface area (Å²) in [5.41, 5.74) is 2.50. The molecule has 118 valence electrons. The average molecular weight is 310 g/mol. The van der Waals surface area contributed by atoms with E-state index in [2.05, 4.69) is 37.6 Å². The van der Waals surface area contributed by atoms with Crippen LogP contribution in [-0.2, 0) is 13.1 Å². The van der Waals surface area contributed by atoms with Crippen molar-refractivity contribution in [1.82, 2.24) is 14.5 Å². The molecule has 0 unspecified atom stereocenters. The molecule has 1 aliphatic rings. The molecule has 0 fully saturated rings. The molecule has 6 heteroatoms. The van der Waals surface area contributed by atoms with Gasteiger partial charge in [0.1, 0.15) is 5.75 Å². The van der Waals surface area contributed by atoms with E-state index in [1.807, 2.05) is 6.07 Å². The van der Waals surface area contributed by atoms with Crippen molar-refractivity contribution in [3.05, 3.63) is 42.2 Å². The predicted octanol–water partition coefficient (Wildman–Crippen LogP) is 2.47. The van der Waals surface area contributed by atoms with Gasteiger partial charge in [-0.05, 0) is 24.3 Å². The van der Waals surface area contributed by atoms with Gasteiger partial charge >= 0.3 is 0 Å². The van der Waals surface area contributed by atoms with Crippen LogP contribution in [0, 0.1) is 0 Å². The molecule has 3 heterocycles. The number of anilines is 1. The fourth-order valence-electron chi connectivity index (χ4n) is 3.09. The maximum atomic E-state index is 5.32. The molecule has 4 rings (SSSR count). The molecule has 0 spiro atoms. The lowest BCUT2D eigenvalue weighted by atomic mass is 10.2. The molecule has 0 saturated heterocycles. The van der Waals surface area contributed by atoms with Gasteiger partial charge in [0.05, 0.1) is 20.8 Å². The van der Waals surface area contributed by atoms with Crippen molar-refractivity contribution in [2.75, 3.05) is 25.7 Å². The predicted molar refractivity (Wildman–Crippen MR) is 88.1 cm³/mol. The third-order valence-corrected chi connectivity index (χ3v) is 4.25. The number of aromatic nitrogens is 3. The van der Waals surface area contributed by atoms with Crippen LogP contribution in [0.2, 0.25) is 0 Å². The molecule has 0 aliphatic carbocycles. The summed E-state index contributed by atoms with van der Waals surface area (Å²) in [6.45, 7) is 2.56. The quantitative estimate of drug-likeness (QED) is 0.744. The Kier molecular flexibility index (Phi) is 3.29. The molecule has 0 N–H and O–H groups in total. The van der Waals surface area contributed by atoms with Gasteiger partial charge < -0.3 is 18.9 Å². The van der Waals surface area contributed by atoms with E-state index < -0.39 is 0 Å². The van der Waals surface area contributed by atoms with Crippen LogP contribution in [0.1, 0.15) is 5.69 Å². The minimum atomic E-state index is 0.589. The lowest BCUT2D eigenvalue weighted by molar-refractivity contribution is 0.396. The molecular formula is C17H18N4O2. The third-order valence-electron chi connectivity index (χ3n) is 4.25. The van der Waals surface area contributed by atoms with Crippen molar-refractivity contribution in [2.24, 2.45) is 0 Å². The van der Waals surface area contributed by atoms with Gasteiger partial charge in [0, 0.05) is 41.9 Å². The summed E-state index contributed by atoms with van der Waals surface area (Å²) in [7, 11) is 3.31. The second-order valence-electron chi connectivity index (χ2n) is 5.53. The standard InChI is InChI=1S/C17H18N4O2/c1-22-14-3-4-15-12(10-14)9-13-11-20(7-8-21(13)15)17-18-6-5-16(19-17)23-2/h3-6,9-10H,7-8,11H2,1-2H3. The molecule has 1 aliphatic heterocycles. The van der Waals surface area contributed by atoms with Crippen molar-refractivity contribution in [1.29, 1.82) is 0 Å². The van der Waals surface area contributed by atoms with Crippen LogP contribution in [0.4, 0.5) is 5.95 Å². The molecular weight excluding hydrogens is 292 g/mol. The molecule has 0 radical (unpaired) electrons. The van der Waals surface area contributed by atoms with Gasteiger partial charge in [0.2, 0.25) is 11.8 Å². The Bertz CT molecular complexity index is 859. The first-order valence-electron chi connectivity index (χ1n) is 7.56. The normalized spacial score (nSPS) is 13.9. The second-order valence-corrected chi connectivity index (χ2v) is 5.53. The zero-order chi connectivity index (χ0) is 15.8. The number of ether oxygens (including phenoxy) is 2. The van der Waals surface area contributed by atoms with E-state index in [-0.39, 0.29) is 0 Å². The lowest BCUT2D eigenvalue weighted by Gasteiger charge is -2.29. The maximum absolute atomic E-state index is 5.32. The highest BCUT2D eigenvalue weighted by Crippen LogP contribution is 2.28. The highest BCUT2D eigenvalue weighted by Gasteiger charge is 2.21. The van der Waals surface area contributed by atoms with Gasteiger partial charge in [0.25, 0.3) is 0 Å². The minimum absolute atomic E-state index is 0.589. The first-order valence-corrected chi connectivity index (χ1v) is 7.56. The van der Waals surface area contributed by atoms with Gasteiger partial charge in [0.15, 0.2) is 0 Å². The average Bonchev–Trinajstić information content (AvgIpc) is 2.98. The van der Waals surface area contributed by atoms with E-state index in [9.17, 15) is 0 Å². The van der Waals surface area contributed by atoms with E-state index >= 15 is 0 Å². The summed E-state index contributed by atoms with van der Waals surface area (Å²) in [6.07, 6.45) is 1.73. The maximum Gasteiger partial charge on any atom is 0.229 e. The fraction of sp³-hybridized carbons (Fsp3) is 0.294. The number of methoxy groups -OCH3 is 2. The van der Waals surface area contributed by atoms with Gasteiger partial charge in [-0.3, -0.25) is 0 Å². The summed E-state index contributed by atoms with van der Waals surface area (Å²) >= 11 is 0. The topological polar surface area (TPSA) is 52.4 Å². The van der Waals surface area contributed by atoms with E-state index in [1.165, 1.54) is 16.6 Å². The molecule has 23 heavy (non-hydrogen) atoms. The van der Waals surface area contributed by atoms with E-state index in [1.54, 1.807) is 26.5 Å². The van der Waals surface area contributed by atoms with Gasteiger partial charge in [-0.25, -0.2) is 4.98 Å². The lowest BCUT2D eigenvalue weighted by Crippen LogP contribution is -2.34. The van der Waals surface area contributed by atoms with Gasteiger partial charge in [-0.1, -0.05) is 0 Å². The molecule has 0 saturated carbocycles. The zero-order valence-electron chi connectivity index (χ0n) is 13.2. The van der Waals surface area contributed by atoms with Crippen LogP contribution < -0.4 is 14.4 Å². The van der Waals surface area contributed by atoms with Crippen LogP contribution in [0.15, 0.2) is 36.5 Å². The molecule has 3 aromatic rings. The van der Waals surface area contributed by atoms with Crippen LogP contribution in [-0.4, -0.2) is 35.3 Å². The van der Waals surface area contributed by atoms with E-state index in [0.717, 1.165) is 25.4 Å². The fourth-order valence-corrected chi connectivity index (χ4v) is 3.09. The first kappa shape index (κ1) is 13.9. The first-order chi connectivity index (χ1) is 11.3. The Balaban J connectivity index is 1.68. The monoisotopic (exact) mass is 310 g/mol. The Morgan fingerprint density at radius 2 is 1.96 bits per heavy atom. The summed E-state index contributed by atoms with van der Waals surface area (Å²) < 4.78 is 12.9. The van der Waals surface area contributed by atoms with E-state index in [4.69, 9.17) is 9.47 Å². The number of benzene rings is 1.